The molecule has 18 heavy (non-hydrogen) atoms. The first-order valence-electron chi connectivity index (χ1n) is 6.38. The molecule has 0 aliphatic carbocycles. The number of piperidine rings is 1. The molecule has 1 saturated heterocycles. The standard InChI is InChI=1S/C15H18N2O/c1-11-5-3-7-14(12(11)2)15(18)17-8-4-6-13(9-16)10-17/h3,5,7,13H,4,6,8,10H2,1-2H3. The fraction of sp³-hybridized carbons (Fsp3) is 0.467. The molecule has 1 atom stereocenters. The molecule has 1 heterocycles. The number of carbonyl (C=O) groups excluding carboxylic acids is 1. The van der Waals surface area contributed by atoms with Crippen LogP contribution in [0.15, 0.2) is 18.2 Å². The third kappa shape index (κ3) is 2.38. The Morgan fingerprint density at radius 3 is 2.94 bits per heavy atom. The molecular formula is C15H18N2O. The molecule has 1 aromatic carbocycles. The van der Waals surface area contributed by atoms with Crippen molar-refractivity contribution in [3.63, 3.8) is 0 Å². The van der Waals surface area contributed by atoms with Crippen molar-refractivity contribution < 1.29 is 4.79 Å². The molecule has 0 saturated carbocycles. The highest BCUT2D eigenvalue weighted by molar-refractivity contribution is 5.96. The molecule has 1 aliphatic rings. The summed E-state index contributed by atoms with van der Waals surface area (Å²) in [6.07, 6.45) is 1.84. The van der Waals surface area contributed by atoms with E-state index in [-0.39, 0.29) is 11.8 Å². The fourth-order valence-corrected chi connectivity index (χ4v) is 2.42. The van der Waals surface area contributed by atoms with Gasteiger partial charge in [-0.25, -0.2) is 0 Å². The largest absolute Gasteiger partial charge is 0.337 e. The van der Waals surface area contributed by atoms with Gasteiger partial charge < -0.3 is 4.90 Å². The van der Waals surface area contributed by atoms with Gasteiger partial charge >= 0.3 is 0 Å². The molecule has 1 fully saturated rings. The van der Waals surface area contributed by atoms with E-state index >= 15 is 0 Å². The Bertz CT molecular complexity index is 502. The number of nitrogens with zero attached hydrogens (tertiary/aromatic N) is 2. The maximum absolute atomic E-state index is 12.5. The summed E-state index contributed by atoms with van der Waals surface area (Å²) in [6.45, 7) is 5.34. The molecule has 3 nitrogen and oxygen atoms in total. The van der Waals surface area contributed by atoms with Gasteiger partial charge in [-0.3, -0.25) is 4.79 Å². The summed E-state index contributed by atoms with van der Waals surface area (Å²) in [4.78, 5) is 14.3. The summed E-state index contributed by atoms with van der Waals surface area (Å²) >= 11 is 0. The van der Waals surface area contributed by atoms with Crippen LogP contribution in [0.1, 0.15) is 34.3 Å². The highest BCUT2D eigenvalue weighted by atomic mass is 16.2. The minimum atomic E-state index is -0.00665. The SMILES string of the molecule is Cc1cccc(C(=O)N2CCCC(C#N)C2)c1C. The molecular weight excluding hydrogens is 224 g/mol. The quantitative estimate of drug-likeness (QED) is 0.760. The molecule has 0 spiro atoms. The lowest BCUT2D eigenvalue weighted by molar-refractivity contribution is 0.0698. The summed E-state index contributed by atoms with van der Waals surface area (Å²) in [7, 11) is 0. The van der Waals surface area contributed by atoms with Crippen LogP contribution in [0.2, 0.25) is 0 Å². The van der Waals surface area contributed by atoms with Gasteiger partial charge in [-0.05, 0) is 43.9 Å². The second-order valence-electron chi connectivity index (χ2n) is 4.97. The molecule has 3 heteroatoms. The van der Waals surface area contributed by atoms with Gasteiger partial charge in [0.1, 0.15) is 0 Å². The highest BCUT2D eigenvalue weighted by Crippen LogP contribution is 2.20. The zero-order valence-corrected chi connectivity index (χ0v) is 10.9. The van der Waals surface area contributed by atoms with Crippen molar-refractivity contribution in [1.82, 2.24) is 4.90 Å². The molecule has 0 bridgehead atoms. The summed E-state index contributed by atoms with van der Waals surface area (Å²) in [5.41, 5.74) is 2.95. The average Bonchev–Trinajstić information content (AvgIpc) is 2.41. The predicted molar refractivity (Wildman–Crippen MR) is 70.2 cm³/mol. The Morgan fingerprint density at radius 2 is 2.22 bits per heavy atom. The van der Waals surface area contributed by atoms with Crippen LogP contribution in [-0.2, 0) is 0 Å². The number of likely N-dealkylation sites (tertiary alicyclic amines) is 1. The van der Waals surface area contributed by atoms with Crippen LogP contribution >= 0.6 is 0 Å². The maximum Gasteiger partial charge on any atom is 0.254 e. The predicted octanol–water partition coefficient (Wildman–Crippen LogP) is 2.68. The van der Waals surface area contributed by atoms with E-state index in [1.165, 1.54) is 0 Å². The number of benzene rings is 1. The van der Waals surface area contributed by atoms with E-state index < -0.39 is 0 Å². The average molecular weight is 242 g/mol. The van der Waals surface area contributed by atoms with Gasteiger partial charge in [-0.15, -0.1) is 0 Å². The Hall–Kier alpha value is -1.82. The Morgan fingerprint density at radius 1 is 1.44 bits per heavy atom. The van der Waals surface area contributed by atoms with Crippen LogP contribution in [0.25, 0.3) is 0 Å². The number of carbonyl (C=O) groups is 1. The molecule has 2 rings (SSSR count). The van der Waals surface area contributed by atoms with Gasteiger partial charge in [-0.1, -0.05) is 12.1 Å². The number of aryl methyl sites for hydroxylation is 1. The second kappa shape index (κ2) is 5.22. The van der Waals surface area contributed by atoms with Gasteiger partial charge in [0.25, 0.3) is 5.91 Å². The molecule has 0 N–H and O–H groups in total. The number of amides is 1. The molecule has 1 aromatic rings. The number of nitriles is 1. The topological polar surface area (TPSA) is 44.1 Å². The second-order valence-corrected chi connectivity index (χ2v) is 4.97. The molecule has 94 valence electrons. The van der Waals surface area contributed by atoms with E-state index in [2.05, 4.69) is 6.07 Å². The summed E-state index contributed by atoms with van der Waals surface area (Å²) in [5, 5.41) is 8.97. The van der Waals surface area contributed by atoms with Crippen LogP contribution in [-0.4, -0.2) is 23.9 Å². The first-order chi connectivity index (χ1) is 8.63. The van der Waals surface area contributed by atoms with E-state index in [0.717, 1.165) is 36.1 Å². The smallest absolute Gasteiger partial charge is 0.254 e. The van der Waals surface area contributed by atoms with Crippen LogP contribution in [0.3, 0.4) is 0 Å². The van der Waals surface area contributed by atoms with Crippen LogP contribution < -0.4 is 0 Å². The zero-order chi connectivity index (χ0) is 13.1. The van der Waals surface area contributed by atoms with Crippen LogP contribution in [0, 0.1) is 31.1 Å². The Kier molecular flexibility index (Phi) is 3.66. The lowest BCUT2D eigenvalue weighted by atomic mass is 9.97. The minimum absolute atomic E-state index is 0.00665. The third-order valence-corrected chi connectivity index (χ3v) is 3.73. The minimum Gasteiger partial charge on any atom is -0.337 e. The Balaban J connectivity index is 2.21. The van der Waals surface area contributed by atoms with E-state index in [0.29, 0.717) is 6.54 Å². The van der Waals surface area contributed by atoms with Crippen molar-refractivity contribution in [2.24, 2.45) is 5.92 Å². The van der Waals surface area contributed by atoms with Gasteiger partial charge in [0.05, 0.1) is 12.0 Å². The molecule has 1 unspecified atom stereocenters. The van der Waals surface area contributed by atoms with E-state index in [1.54, 1.807) is 0 Å². The fourth-order valence-electron chi connectivity index (χ4n) is 2.42. The van der Waals surface area contributed by atoms with Crippen molar-refractivity contribution in [3.05, 3.63) is 34.9 Å². The monoisotopic (exact) mass is 242 g/mol. The van der Waals surface area contributed by atoms with Crippen molar-refractivity contribution in [2.75, 3.05) is 13.1 Å². The molecule has 0 aromatic heterocycles. The number of hydrogen-bond acceptors (Lipinski definition) is 2. The molecule has 0 radical (unpaired) electrons. The van der Waals surface area contributed by atoms with Gasteiger partial charge in [0.15, 0.2) is 0 Å². The summed E-state index contributed by atoms with van der Waals surface area (Å²) in [5.74, 6) is 0.0592. The highest BCUT2D eigenvalue weighted by Gasteiger charge is 2.25. The summed E-state index contributed by atoms with van der Waals surface area (Å²) in [6, 6.07) is 8.08. The lowest BCUT2D eigenvalue weighted by Gasteiger charge is -2.30. The molecule has 1 amide bonds. The van der Waals surface area contributed by atoms with Crippen molar-refractivity contribution >= 4 is 5.91 Å². The third-order valence-electron chi connectivity index (χ3n) is 3.73. The summed E-state index contributed by atoms with van der Waals surface area (Å²) < 4.78 is 0. The number of hydrogen-bond donors (Lipinski definition) is 0. The van der Waals surface area contributed by atoms with Crippen molar-refractivity contribution in [1.29, 1.82) is 5.26 Å². The zero-order valence-electron chi connectivity index (χ0n) is 10.9. The first-order valence-corrected chi connectivity index (χ1v) is 6.38. The normalized spacial score (nSPS) is 19.4. The molecule has 1 aliphatic heterocycles. The number of rotatable bonds is 1. The van der Waals surface area contributed by atoms with Crippen LogP contribution in [0.5, 0.6) is 0 Å². The Labute approximate surface area is 108 Å². The lowest BCUT2D eigenvalue weighted by Crippen LogP contribution is -2.39. The van der Waals surface area contributed by atoms with E-state index in [4.69, 9.17) is 5.26 Å². The van der Waals surface area contributed by atoms with E-state index in [9.17, 15) is 4.79 Å². The van der Waals surface area contributed by atoms with Gasteiger partial charge in [0, 0.05) is 18.7 Å². The van der Waals surface area contributed by atoms with Gasteiger partial charge in [-0.2, -0.15) is 5.26 Å². The van der Waals surface area contributed by atoms with Crippen molar-refractivity contribution in [3.8, 4) is 6.07 Å². The first kappa shape index (κ1) is 12.6. The maximum atomic E-state index is 12.5. The van der Waals surface area contributed by atoms with Crippen LogP contribution in [0.4, 0.5) is 0 Å². The van der Waals surface area contributed by atoms with E-state index in [1.807, 2.05) is 36.9 Å². The van der Waals surface area contributed by atoms with Crippen molar-refractivity contribution in [2.45, 2.75) is 26.7 Å². The van der Waals surface area contributed by atoms with Gasteiger partial charge in [0.2, 0.25) is 0 Å².